The molecule has 0 aliphatic heterocycles. The van der Waals surface area contributed by atoms with Crippen LogP contribution in [0.2, 0.25) is 0 Å². The summed E-state index contributed by atoms with van der Waals surface area (Å²) >= 11 is 0. The molecule has 0 saturated carbocycles. The van der Waals surface area contributed by atoms with Gasteiger partial charge in [-0.15, -0.1) is 0 Å². The van der Waals surface area contributed by atoms with Crippen LogP contribution in [-0.4, -0.2) is 50.3 Å². The third-order valence-corrected chi connectivity index (χ3v) is 4.79. The number of esters is 4. The average molecular weight is 511 g/mol. The van der Waals surface area contributed by atoms with Crippen LogP contribution in [0.4, 0.5) is 0 Å². The lowest BCUT2D eigenvalue weighted by Gasteiger charge is -2.08. The molecule has 0 atom stereocenters. The summed E-state index contributed by atoms with van der Waals surface area (Å²) in [5.74, 6) is -1.12. The topological polar surface area (TPSA) is 114 Å². The first-order valence-electron chi connectivity index (χ1n) is 11.7. The number of rotatable bonds is 16. The van der Waals surface area contributed by atoms with Gasteiger partial charge in [-0.1, -0.05) is 13.2 Å². The Kier molecular flexibility index (Phi) is 12.7. The van der Waals surface area contributed by atoms with E-state index in [2.05, 4.69) is 13.2 Å². The van der Waals surface area contributed by atoms with E-state index < -0.39 is 23.9 Å². The highest BCUT2D eigenvalue weighted by Gasteiger charge is 2.11. The van der Waals surface area contributed by atoms with Gasteiger partial charge in [0.1, 0.15) is 11.5 Å². The summed E-state index contributed by atoms with van der Waals surface area (Å²) in [5.41, 5.74) is 0.657. The summed E-state index contributed by atoms with van der Waals surface area (Å²) in [7, 11) is 0. The highest BCUT2D eigenvalue weighted by atomic mass is 16.5. The van der Waals surface area contributed by atoms with Gasteiger partial charge in [0.25, 0.3) is 0 Å². The van der Waals surface area contributed by atoms with Crippen LogP contribution < -0.4 is 9.47 Å². The zero-order chi connectivity index (χ0) is 26.9. The van der Waals surface area contributed by atoms with E-state index in [1.54, 1.807) is 24.3 Å². The molecule has 0 saturated heterocycles. The zero-order valence-electron chi connectivity index (χ0n) is 20.5. The second kappa shape index (κ2) is 16.3. The Balaban J connectivity index is 1.69. The van der Waals surface area contributed by atoms with E-state index in [0.29, 0.717) is 55.8 Å². The standard InChI is InChI=1S/C28H30O9/c1-3-25(29)34-18-6-5-17-33-23-13-9-22(10-14-23)28(32)37-24-15-11-21(12-16-24)27(31)36-20-8-7-19-35-26(30)4-2/h3-4,9-16H,1-2,5-8,17-20H2. The molecule has 0 bridgehead atoms. The normalized spacial score (nSPS) is 10.1. The van der Waals surface area contributed by atoms with Crippen molar-refractivity contribution >= 4 is 23.9 Å². The maximum atomic E-state index is 12.4. The molecule has 0 unspecified atom stereocenters. The maximum Gasteiger partial charge on any atom is 0.343 e. The Hall–Kier alpha value is -4.40. The minimum Gasteiger partial charge on any atom is -0.494 e. The third-order valence-electron chi connectivity index (χ3n) is 4.79. The van der Waals surface area contributed by atoms with Gasteiger partial charge in [0.2, 0.25) is 0 Å². The molecule has 0 radical (unpaired) electrons. The molecule has 0 spiro atoms. The van der Waals surface area contributed by atoms with Crippen LogP contribution in [0.1, 0.15) is 46.4 Å². The third kappa shape index (κ3) is 11.3. The van der Waals surface area contributed by atoms with Gasteiger partial charge in [-0.05, 0) is 74.2 Å². The molecule has 0 aromatic heterocycles. The largest absolute Gasteiger partial charge is 0.494 e. The minimum absolute atomic E-state index is 0.187. The van der Waals surface area contributed by atoms with Crippen molar-refractivity contribution in [3.8, 4) is 11.5 Å². The second-order valence-corrected chi connectivity index (χ2v) is 7.58. The number of carbonyl (C=O) groups is 4. The molecule has 9 nitrogen and oxygen atoms in total. The first kappa shape index (κ1) is 28.8. The Labute approximate surface area is 215 Å². The average Bonchev–Trinajstić information content (AvgIpc) is 2.92. The molecule has 0 N–H and O–H groups in total. The number of hydrogen-bond acceptors (Lipinski definition) is 9. The fourth-order valence-electron chi connectivity index (χ4n) is 2.82. The van der Waals surface area contributed by atoms with Gasteiger partial charge in [0, 0.05) is 12.2 Å². The Morgan fingerprint density at radius 2 is 1.00 bits per heavy atom. The lowest BCUT2D eigenvalue weighted by Crippen LogP contribution is -2.10. The minimum atomic E-state index is -0.553. The molecule has 0 aliphatic carbocycles. The van der Waals surface area contributed by atoms with Crippen LogP contribution in [0.3, 0.4) is 0 Å². The molecule has 2 rings (SSSR count). The van der Waals surface area contributed by atoms with Gasteiger partial charge in [-0.3, -0.25) is 0 Å². The smallest absolute Gasteiger partial charge is 0.343 e. The Morgan fingerprint density at radius 3 is 1.51 bits per heavy atom. The van der Waals surface area contributed by atoms with Crippen molar-refractivity contribution in [2.45, 2.75) is 25.7 Å². The number of carbonyl (C=O) groups excluding carboxylic acids is 4. The predicted molar refractivity (Wildman–Crippen MR) is 134 cm³/mol. The van der Waals surface area contributed by atoms with E-state index in [9.17, 15) is 19.2 Å². The molecule has 196 valence electrons. The number of benzene rings is 2. The van der Waals surface area contributed by atoms with Crippen LogP contribution in [0.15, 0.2) is 73.8 Å². The van der Waals surface area contributed by atoms with E-state index in [-0.39, 0.29) is 19.0 Å². The molecule has 9 heteroatoms. The van der Waals surface area contributed by atoms with Crippen molar-refractivity contribution in [1.82, 2.24) is 0 Å². The van der Waals surface area contributed by atoms with Crippen molar-refractivity contribution < 1.29 is 42.9 Å². The van der Waals surface area contributed by atoms with Gasteiger partial charge in [-0.25, -0.2) is 19.2 Å². The van der Waals surface area contributed by atoms with Crippen molar-refractivity contribution in [3.05, 3.63) is 85.0 Å². The maximum absolute atomic E-state index is 12.4. The molecule has 0 fully saturated rings. The number of unbranched alkanes of at least 4 members (excludes halogenated alkanes) is 2. The lowest BCUT2D eigenvalue weighted by atomic mass is 10.2. The molecular weight excluding hydrogens is 480 g/mol. The van der Waals surface area contributed by atoms with Gasteiger partial charge < -0.3 is 23.7 Å². The van der Waals surface area contributed by atoms with Crippen molar-refractivity contribution in [2.75, 3.05) is 26.4 Å². The van der Waals surface area contributed by atoms with Crippen molar-refractivity contribution in [2.24, 2.45) is 0 Å². The number of hydrogen-bond donors (Lipinski definition) is 0. The Bertz CT molecular complexity index is 1060. The molecule has 37 heavy (non-hydrogen) atoms. The van der Waals surface area contributed by atoms with E-state index in [1.165, 1.54) is 24.3 Å². The van der Waals surface area contributed by atoms with Gasteiger partial charge in [-0.2, -0.15) is 0 Å². The quantitative estimate of drug-likeness (QED) is 0.106. The van der Waals surface area contributed by atoms with Crippen LogP contribution in [0.5, 0.6) is 11.5 Å². The lowest BCUT2D eigenvalue weighted by molar-refractivity contribution is -0.138. The van der Waals surface area contributed by atoms with Gasteiger partial charge in [0.15, 0.2) is 0 Å². The number of ether oxygens (including phenoxy) is 5. The van der Waals surface area contributed by atoms with Crippen molar-refractivity contribution in [3.63, 3.8) is 0 Å². The highest BCUT2D eigenvalue weighted by Crippen LogP contribution is 2.17. The second-order valence-electron chi connectivity index (χ2n) is 7.58. The highest BCUT2D eigenvalue weighted by molar-refractivity contribution is 5.92. The Morgan fingerprint density at radius 1 is 0.568 bits per heavy atom. The predicted octanol–water partition coefficient (Wildman–Crippen LogP) is 4.46. The summed E-state index contributed by atoms with van der Waals surface area (Å²) < 4.78 is 25.9. The van der Waals surface area contributed by atoms with Gasteiger partial charge >= 0.3 is 23.9 Å². The molecular formula is C28H30O9. The first-order valence-corrected chi connectivity index (χ1v) is 11.7. The van der Waals surface area contributed by atoms with Crippen LogP contribution in [-0.2, 0) is 23.8 Å². The summed E-state index contributed by atoms with van der Waals surface area (Å²) in [4.78, 5) is 46.4. The van der Waals surface area contributed by atoms with E-state index >= 15 is 0 Å². The van der Waals surface area contributed by atoms with Gasteiger partial charge in [0.05, 0.1) is 37.6 Å². The fourth-order valence-corrected chi connectivity index (χ4v) is 2.82. The fraction of sp³-hybridized carbons (Fsp3) is 0.286. The molecule has 0 amide bonds. The molecule has 2 aromatic carbocycles. The van der Waals surface area contributed by atoms with E-state index in [4.69, 9.17) is 23.7 Å². The summed E-state index contributed by atoms with van der Waals surface area (Å²) in [6.45, 7) is 7.80. The van der Waals surface area contributed by atoms with E-state index in [0.717, 1.165) is 12.2 Å². The molecule has 2 aromatic rings. The van der Waals surface area contributed by atoms with E-state index in [1.807, 2.05) is 0 Å². The summed E-state index contributed by atoms with van der Waals surface area (Å²) in [5, 5.41) is 0. The SMILES string of the molecule is C=CC(=O)OCCCCOC(=O)c1ccc(OC(=O)c2ccc(OCCCCOC(=O)C=C)cc2)cc1. The van der Waals surface area contributed by atoms with Crippen LogP contribution in [0.25, 0.3) is 0 Å². The van der Waals surface area contributed by atoms with Crippen LogP contribution in [0, 0.1) is 0 Å². The molecule has 0 heterocycles. The monoisotopic (exact) mass is 510 g/mol. The first-order chi connectivity index (χ1) is 17.9. The van der Waals surface area contributed by atoms with Crippen molar-refractivity contribution in [1.29, 1.82) is 0 Å². The van der Waals surface area contributed by atoms with Crippen LogP contribution >= 0.6 is 0 Å². The summed E-state index contributed by atoms with van der Waals surface area (Å²) in [6, 6.07) is 12.5. The molecule has 0 aliphatic rings. The zero-order valence-corrected chi connectivity index (χ0v) is 20.5. The summed E-state index contributed by atoms with van der Waals surface area (Å²) in [6.07, 6.45) is 4.67.